The first-order valence-corrected chi connectivity index (χ1v) is 8.20. The van der Waals surface area contributed by atoms with Crippen molar-refractivity contribution in [3.05, 3.63) is 5.89 Å². The van der Waals surface area contributed by atoms with Crippen molar-refractivity contribution in [1.82, 2.24) is 15.1 Å². The molecule has 8 heteroatoms. The zero-order valence-corrected chi connectivity index (χ0v) is 11.4. The average molecular weight is 285 g/mol. The third-order valence-electron chi connectivity index (χ3n) is 3.49. The van der Waals surface area contributed by atoms with E-state index >= 15 is 0 Å². The molecule has 1 amide bonds. The lowest BCUT2D eigenvalue weighted by Gasteiger charge is -2.21. The second kappa shape index (κ2) is 4.29. The fourth-order valence-electron chi connectivity index (χ4n) is 2.36. The van der Waals surface area contributed by atoms with Crippen LogP contribution in [0.15, 0.2) is 9.64 Å². The van der Waals surface area contributed by atoms with Gasteiger partial charge in [0.25, 0.3) is 0 Å². The Balaban J connectivity index is 1.84. The molecule has 1 aromatic heterocycles. The van der Waals surface area contributed by atoms with E-state index in [1.807, 2.05) is 0 Å². The van der Waals surface area contributed by atoms with Gasteiger partial charge in [-0.05, 0) is 25.7 Å². The highest BCUT2D eigenvalue weighted by Gasteiger charge is 2.40. The Morgan fingerprint density at radius 1 is 1.32 bits per heavy atom. The summed E-state index contributed by atoms with van der Waals surface area (Å²) in [6.07, 6.45) is 4.52. The predicted octanol–water partition coefficient (Wildman–Crippen LogP) is 0.547. The minimum atomic E-state index is -3.50. The molecule has 0 bridgehead atoms. The Labute approximate surface area is 110 Å². The number of nitrogens with zero attached hydrogens (tertiary/aromatic N) is 3. The van der Waals surface area contributed by atoms with Gasteiger partial charge in [-0.2, -0.15) is 0 Å². The van der Waals surface area contributed by atoms with E-state index in [9.17, 15) is 13.2 Å². The van der Waals surface area contributed by atoms with Gasteiger partial charge in [0.1, 0.15) is 6.04 Å². The molecule has 19 heavy (non-hydrogen) atoms. The number of aromatic nitrogens is 2. The topological polar surface area (TPSA) is 93.4 Å². The number of sulfone groups is 1. The number of carbonyl (C=O) groups excluding carboxylic acids is 1. The van der Waals surface area contributed by atoms with Gasteiger partial charge in [0.05, 0.1) is 0 Å². The lowest BCUT2D eigenvalue weighted by Crippen LogP contribution is -2.31. The van der Waals surface area contributed by atoms with Crippen LogP contribution >= 0.6 is 0 Å². The molecule has 1 aliphatic heterocycles. The van der Waals surface area contributed by atoms with Crippen molar-refractivity contribution >= 4 is 15.7 Å². The molecule has 0 unspecified atom stereocenters. The summed E-state index contributed by atoms with van der Waals surface area (Å²) in [5.41, 5.74) is 0. The van der Waals surface area contributed by atoms with Crippen LogP contribution in [0.1, 0.15) is 37.6 Å². The van der Waals surface area contributed by atoms with Crippen molar-refractivity contribution in [2.24, 2.45) is 5.92 Å². The summed E-state index contributed by atoms with van der Waals surface area (Å²) in [5.74, 6) is 0.492. The number of hydrogen-bond acceptors (Lipinski definition) is 6. The fourth-order valence-corrected chi connectivity index (χ4v) is 2.78. The van der Waals surface area contributed by atoms with Gasteiger partial charge in [0.15, 0.2) is 0 Å². The normalized spacial score (nSPS) is 23.8. The zero-order chi connectivity index (χ0) is 13.6. The summed E-state index contributed by atoms with van der Waals surface area (Å²) in [7, 11) is -3.50. The van der Waals surface area contributed by atoms with Crippen LogP contribution in [0.4, 0.5) is 0 Å². The van der Waals surface area contributed by atoms with Crippen molar-refractivity contribution in [2.45, 2.75) is 36.9 Å². The predicted molar refractivity (Wildman–Crippen MR) is 63.8 cm³/mol. The van der Waals surface area contributed by atoms with Gasteiger partial charge in [0, 0.05) is 18.7 Å². The third kappa shape index (κ3) is 2.36. The van der Waals surface area contributed by atoms with Gasteiger partial charge in [-0.1, -0.05) is 5.10 Å². The maximum Gasteiger partial charge on any atom is 0.335 e. The summed E-state index contributed by atoms with van der Waals surface area (Å²) in [4.78, 5) is 13.9. The van der Waals surface area contributed by atoms with Crippen LogP contribution in [0, 0.1) is 5.92 Å². The van der Waals surface area contributed by atoms with Gasteiger partial charge in [-0.15, -0.1) is 5.10 Å². The first-order chi connectivity index (χ1) is 8.97. The van der Waals surface area contributed by atoms with Gasteiger partial charge in [-0.25, -0.2) is 8.42 Å². The summed E-state index contributed by atoms with van der Waals surface area (Å²) < 4.78 is 27.8. The molecule has 7 nitrogen and oxygen atoms in total. The summed E-state index contributed by atoms with van der Waals surface area (Å²) in [6, 6.07) is -0.268. The number of hydrogen-bond donors (Lipinski definition) is 0. The molecule has 0 spiro atoms. The molecule has 0 aromatic carbocycles. The Kier molecular flexibility index (Phi) is 2.84. The van der Waals surface area contributed by atoms with Crippen LogP contribution in [0.2, 0.25) is 0 Å². The molecule has 3 rings (SSSR count). The van der Waals surface area contributed by atoms with Crippen LogP contribution < -0.4 is 0 Å². The first kappa shape index (κ1) is 12.6. The average Bonchev–Trinajstić information content (AvgIpc) is 2.89. The minimum Gasteiger partial charge on any atom is -0.410 e. The van der Waals surface area contributed by atoms with Crippen molar-refractivity contribution in [3.8, 4) is 0 Å². The molecular formula is C11H15N3O4S. The molecule has 1 saturated carbocycles. The molecule has 2 heterocycles. The fraction of sp³-hybridized carbons (Fsp3) is 0.727. The Bertz CT molecular complexity index is 605. The molecule has 104 valence electrons. The van der Waals surface area contributed by atoms with Crippen molar-refractivity contribution in [2.75, 3.05) is 12.8 Å². The molecule has 0 radical (unpaired) electrons. The van der Waals surface area contributed by atoms with E-state index in [4.69, 9.17) is 4.42 Å². The standard InChI is InChI=1S/C11H15N3O4S/c1-19(16,17)11-13-12-9(18-11)8-3-2-6-14(8)10(15)7-4-5-7/h7-8H,2-6H2,1H3/t8-/m0/s1. The molecule has 0 N–H and O–H groups in total. The van der Waals surface area contributed by atoms with Gasteiger partial charge >= 0.3 is 5.22 Å². The van der Waals surface area contributed by atoms with Gasteiger partial charge in [0.2, 0.25) is 21.6 Å². The van der Waals surface area contributed by atoms with Crippen LogP contribution in [-0.2, 0) is 14.6 Å². The van der Waals surface area contributed by atoms with E-state index in [2.05, 4.69) is 10.2 Å². The highest BCUT2D eigenvalue weighted by atomic mass is 32.2. The van der Waals surface area contributed by atoms with E-state index in [0.29, 0.717) is 6.54 Å². The molecule has 1 aromatic rings. The number of rotatable bonds is 3. The summed E-state index contributed by atoms with van der Waals surface area (Å²) in [6.45, 7) is 0.677. The quantitative estimate of drug-likeness (QED) is 0.805. The van der Waals surface area contributed by atoms with Gasteiger partial charge < -0.3 is 9.32 Å². The Morgan fingerprint density at radius 3 is 2.63 bits per heavy atom. The molecular weight excluding hydrogens is 270 g/mol. The van der Waals surface area contributed by atoms with Crippen molar-refractivity contribution in [1.29, 1.82) is 0 Å². The number of likely N-dealkylation sites (tertiary alicyclic amines) is 1. The van der Waals surface area contributed by atoms with E-state index < -0.39 is 9.84 Å². The Hall–Kier alpha value is -1.44. The van der Waals surface area contributed by atoms with E-state index in [1.54, 1.807) is 4.90 Å². The van der Waals surface area contributed by atoms with Crippen molar-refractivity contribution in [3.63, 3.8) is 0 Å². The van der Waals surface area contributed by atoms with Crippen LogP contribution in [-0.4, -0.2) is 42.2 Å². The molecule has 1 aliphatic carbocycles. The smallest absolute Gasteiger partial charge is 0.335 e. The lowest BCUT2D eigenvalue weighted by atomic mass is 10.2. The lowest BCUT2D eigenvalue weighted by molar-refractivity contribution is -0.133. The van der Waals surface area contributed by atoms with Crippen LogP contribution in [0.25, 0.3) is 0 Å². The molecule has 1 saturated heterocycles. The summed E-state index contributed by atoms with van der Waals surface area (Å²) in [5, 5.41) is 6.95. The van der Waals surface area contributed by atoms with Crippen molar-refractivity contribution < 1.29 is 17.6 Å². The van der Waals surface area contributed by atoms with E-state index in [-0.39, 0.29) is 29.0 Å². The first-order valence-electron chi connectivity index (χ1n) is 6.31. The SMILES string of the molecule is CS(=O)(=O)c1nnc([C@@H]2CCCN2C(=O)C2CC2)o1. The zero-order valence-electron chi connectivity index (χ0n) is 10.6. The van der Waals surface area contributed by atoms with Gasteiger partial charge in [-0.3, -0.25) is 4.79 Å². The third-order valence-corrected chi connectivity index (χ3v) is 4.29. The van der Waals surface area contributed by atoms with E-state index in [1.165, 1.54) is 0 Å². The van der Waals surface area contributed by atoms with E-state index in [0.717, 1.165) is 31.9 Å². The second-order valence-corrected chi connectivity index (χ2v) is 7.04. The largest absolute Gasteiger partial charge is 0.410 e. The second-order valence-electron chi connectivity index (χ2n) is 5.14. The molecule has 2 aliphatic rings. The summed E-state index contributed by atoms with van der Waals surface area (Å²) >= 11 is 0. The Morgan fingerprint density at radius 2 is 2.05 bits per heavy atom. The highest BCUT2D eigenvalue weighted by Crippen LogP contribution is 2.38. The molecule has 2 fully saturated rings. The maximum absolute atomic E-state index is 12.1. The monoisotopic (exact) mass is 285 g/mol. The maximum atomic E-state index is 12.1. The molecule has 1 atom stereocenters. The number of carbonyl (C=O) groups is 1. The number of amides is 1. The minimum absolute atomic E-state index is 0.126. The van der Waals surface area contributed by atoms with Crippen LogP contribution in [0.3, 0.4) is 0 Å². The highest BCUT2D eigenvalue weighted by molar-refractivity contribution is 7.90. The van der Waals surface area contributed by atoms with Crippen LogP contribution in [0.5, 0.6) is 0 Å².